The maximum atomic E-state index is 13.1. The minimum absolute atomic E-state index is 0.103. The van der Waals surface area contributed by atoms with Gasteiger partial charge in [-0.15, -0.1) is 0 Å². The van der Waals surface area contributed by atoms with Crippen molar-refractivity contribution in [1.82, 2.24) is 5.32 Å². The van der Waals surface area contributed by atoms with Gasteiger partial charge in [0, 0.05) is 12.1 Å². The highest BCUT2D eigenvalue weighted by Gasteiger charge is 2.20. The first-order valence-corrected chi connectivity index (χ1v) is 12.2. The van der Waals surface area contributed by atoms with Gasteiger partial charge in [-0.3, -0.25) is 9.52 Å². The minimum Gasteiger partial charge on any atom is -0.352 e. The quantitative estimate of drug-likeness (QED) is 0.470. The Labute approximate surface area is 190 Å². The number of hydrogen-bond acceptors (Lipinski definition) is 3. The highest BCUT2D eigenvalue weighted by atomic mass is 32.2. The van der Waals surface area contributed by atoms with Crippen molar-refractivity contribution in [2.75, 3.05) is 11.3 Å². The van der Waals surface area contributed by atoms with Gasteiger partial charge in [0.25, 0.3) is 15.9 Å². The zero-order valence-corrected chi connectivity index (χ0v) is 19.8. The molecule has 168 valence electrons. The van der Waals surface area contributed by atoms with E-state index in [0.29, 0.717) is 23.4 Å². The van der Waals surface area contributed by atoms with Crippen molar-refractivity contribution in [3.8, 4) is 0 Å². The Bertz CT molecular complexity index is 1220. The van der Waals surface area contributed by atoms with Crippen LogP contribution in [0.3, 0.4) is 0 Å². The first-order chi connectivity index (χ1) is 15.2. The highest BCUT2D eigenvalue weighted by molar-refractivity contribution is 7.92. The largest absolute Gasteiger partial charge is 0.352 e. The van der Waals surface area contributed by atoms with Gasteiger partial charge in [0.1, 0.15) is 0 Å². The number of nitrogens with one attached hydrogen (secondary N) is 2. The maximum Gasteiger partial charge on any atom is 0.262 e. The van der Waals surface area contributed by atoms with Crippen molar-refractivity contribution in [2.45, 2.75) is 45.4 Å². The summed E-state index contributed by atoms with van der Waals surface area (Å²) in [5.74, 6) is -0.280. The van der Waals surface area contributed by atoms with Crippen molar-refractivity contribution >= 4 is 21.6 Å². The molecular weight excluding hydrogens is 420 g/mol. The summed E-state index contributed by atoms with van der Waals surface area (Å²) in [6.07, 6.45) is 1.67. The van der Waals surface area contributed by atoms with E-state index in [1.54, 1.807) is 25.1 Å². The molecule has 32 heavy (non-hydrogen) atoms. The Morgan fingerprint density at radius 2 is 1.59 bits per heavy atom. The third-order valence-electron chi connectivity index (χ3n) is 5.64. The molecule has 0 atom stereocenters. The van der Waals surface area contributed by atoms with Gasteiger partial charge in [-0.1, -0.05) is 48.0 Å². The Morgan fingerprint density at radius 1 is 0.875 bits per heavy atom. The number of aryl methyl sites for hydroxylation is 4. The summed E-state index contributed by atoms with van der Waals surface area (Å²) in [6.45, 7) is 8.10. The van der Waals surface area contributed by atoms with E-state index in [-0.39, 0.29) is 10.8 Å². The van der Waals surface area contributed by atoms with E-state index in [0.717, 1.165) is 24.0 Å². The molecule has 0 aromatic heterocycles. The molecule has 0 saturated carbocycles. The number of anilines is 1. The maximum absolute atomic E-state index is 13.1. The molecule has 3 aromatic carbocycles. The van der Waals surface area contributed by atoms with Crippen LogP contribution in [0, 0.1) is 27.7 Å². The van der Waals surface area contributed by atoms with Crippen molar-refractivity contribution < 1.29 is 13.2 Å². The van der Waals surface area contributed by atoms with Crippen LogP contribution in [0.15, 0.2) is 65.6 Å². The third-order valence-corrected chi connectivity index (χ3v) is 7.14. The molecule has 3 rings (SSSR count). The molecular formula is C26H30N2O3S. The van der Waals surface area contributed by atoms with Crippen LogP contribution in [0.4, 0.5) is 5.69 Å². The van der Waals surface area contributed by atoms with Gasteiger partial charge < -0.3 is 5.32 Å². The molecule has 2 N–H and O–H groups in total. The molecule has 5 nitrogen and oxygen atoms in total. The van der Waals surface area contributed by atoms with Crippen LogP contribution in [-0.2, 0) is 16.4 Å². The average molecular weight is 451 g/mol. The van der Waals surface area contributed by atoms with Crippen molar-refractivity contribution in [3.05, 3.63) is 94.0 Å². The van der Waals surface area contributed by atoms with E-state index in [2.05, 4.69) is 41.2 Å². The van der Waals surface area contributed by atoms with E-state index in [4.69, 9.17) is 0 Å². The van der Waals surface area contributed by atoms with Crippen LogP contribution >= 0.6 is 0 Å². The van der Waals surface area contributed by atoms with Gasteiger partial charge in [0.05, 0.1) is 10.6 Å². The number of carbonyl (C=O) groups is 1. The summed E-state index contributed by atoms with van der Waals surface area (Å²) in [4.78, 5) is 12.7. The number of sulfonamides is 1. The van der Waals surface area contributed by atoms with Crippen LogP contribution < -0.4 is 10.0 Å². The highest BCUT2D eigenvalue weighted by Crippen LogP contribution is 2.24. The van der Waals surface area contributed by atoms with Crippen molar-refractivity contribution in [3.63, 3.8) is 0 Å². The first-order valence-electron chi connectivity index (χ1n) is 10.7. The number of hydrogen-bond donors (Lipinski definition) is 2. The Hall–Kier alpha value is -3.12. The van der Waals surface area contributed by atoms with Crippen LogP contribution in [0.2, 0.25) is 0 Å². The van der Waals surface area contributed by atoms with Gasteiger partial charge in [-0.05, 0) is 81.0 Å². The number of amides is 1. The molecule has 0 aliphatic heterocycles. The Balaban J connectivity index is 1.68. The summed E-state index contributed by atoms with van der Waals surface area (Å²) < 4.78 is 28.8. The fourth-order valence-corrected chi connectivity index (χ4v) is 4.84. The molecule has 0 unspecified atom stereocenters. The van der Waals surface area contributed by atoms with E-state index in [9.17, 15) is 13.2 Å². The number of rotatable bonds is 8. The lowest BCUT2D eigenvalue weighted by molar-refractivity contribution is 0.0953. The van der Waals surface area contributed by atoms with E-state index >= 15 is 0 Å². The molecule has 1 amide bonds. The fraction of sp³-hybridized carbons (Fsp3) is 0.269. The van der Waals surface area contributed by atoms with Crippen LogP contribution in [0.25, 0.3) is 0 Å². The zero-order chi connectivity index (χ0) is 23.3. The number of carbonyl (C=O) groups excluding carboxylic acids is 1. The van der Waals surface area contributed by atoms with E-state index in [1.807, 2.05) is 26.0 Å². The SMILES string of the molecule is Cc1ccc(CCCNC(=O)c2ccc(C)c(S(=O)(=O)Nc3cccc(C)c3C)c2)cc1. The summed E-state index contributed by atoms with van der Waals surface area (Å²) in [5, 5.41) is 2.89. The summed E-state index contributed by atoms with van der Waals surface area (Å²) in [5.41, 5.74) is 5.77. The molecule has 6 heteroatoms. The van der Waals surface area contributed by atoms with E-state index in [1.165, 1.54) is 17.2 Å². The van der Waals surface area contributed by atoms with Crippen molar-refractivity contribution in [2.24, 2.45) is 0 Å². The van der Waals surface area contributed by atoms with Gasteiger partial charge in [-0.25, -0.2) is 8.42 Å². The number of benzene rings is 3. The second-order valence-electron chi connectivity index (χ2n) is 8.18. The molecule has 0 aliphatic rings. The van der Waals surface area contributed by atoms with Crippen LogP contribution in [0.1, 0.15) is 44.6 Å². The Morgan fingerprint density at radius 3 is 2.31 bits per heavy atom. The predicted octanol–water partition coefficient (Wildman–Crippen LogP) is 5.08. The smallest absolute Gasteiger partial charge is 0.262 e. The lowest BCUT2D eigenvalue weighted by Crippen LogP contribution is -2.25. The topological polar surface area (TPSA) is 75.3 Å². The lowest BCUT2D eigenvalue weighted by Gasteiger charge is -2.14. The monoisotopic (exact) mass is 450 g/mol. The van der Waals surface area contributed by atoms with E-state index < -0.39 is 10.0 Å². The Kier molecular flexibility index (Phi) is 7.36. The molecule has 0 aliphatic carbocycles. The van der Waals surface area contributed by atoms with Gasteiger partial charge in [-0.2, -0.15) is 0 Å². The molecule has 0 heterocycles. The third kappa shape index (κ3) is 5.77. The second kappa shape index (κ2) is 10.0. The summed E-state index contributed by atoms with van der Waals surface area (Å²) in [7, 11) is -3.83. The predicted molar refractivity (Wildman–Crippen MR) is 130 cm³/mol. The normalized spacial score (nSPS) is 11.2. The summed E-state index contributed by atoms with van der Waals surface area (Å²) >= 11 is 0. The average Bonchev–Trinajstić information content (AvgIpc) is 2.75. The molecule has 3 aromatic rings. The van der Waals surface area contributed by atoms with Crippen LogP contribution in [-0.4, -0.2) is 20.9 Å². The molecule has 0 fully saturated rings. The molecule has 0 bridgehead atoms. The molecule has 0 spiro atoms. The van der Waals surface area contributed by atoms with Gasteiger partial charge >= 0.3 is 0 Å². The van der Waals surface area contributed by atoms with Gasteiger partial charge in [0.2, 0.25) is 0 Å². The lowest BCUT2D eigenvalue weighted by atomic mass is 10.1. The van der Waals surface area contributed by atoms with Crippen LogP contribution in [0.5, 0.6) is 0 Å². The van der Waals surface area contributed by atoms with Gasteiger partial charge in [0.15, 0.2) is 0 Å². The minimum atomic E-state index is -3.83. The molecule has 0 saturated heterocycles. The second-order valence-corrected chi connectivity index (χ2v) is 9.83. The standard InChI is InChI=1S/C26H30N2O3S/c1-18-10-13-22(14-11-18)8-6-16-27-26(29)23-15-12-20(3)25(17-23)32(30,31)28-24-9-5-7-19(2)21(24)4/h5,7,9-15,17,28H,6,8,16H2,1-4H3,(H,27,29). The summed E-state index contributed by atoms with van der Waals surface area (Å²) in [6, 6.07) is 18.6. The fourth-order valence-electron chi connectivity index (χ4n) is 3.44. The first kappa shape index (κ1) is 23.5. The molecule has 0 radical (unpaired) electrons. The van der Waals surface area contributed by atoms with Crippen molar-refractivity contribution in [1.29, 1.82) is 0 Å². The zero-order valence-electron chi connectivity index (χ0n) is 19.0.